The van der Waals surface area contributed by atoms with Gasteiger partial charge in [-0.1, -0.05) is 24.3 Å². The molecule has 3 heterocycles. The number of carbonyl (C=O) groups is 1. The Morgan fingerprint density at radius 1 is 0.976 bits per heavy atom. The summed E-state index contributed by atoms with van der Waals surface area (Å²) in [5, 5.41) is 19.2. The minimum atomic E-state index is -0.183. The predicted molar refractivity (Wildman–Crippen MR) is 158 cm³/mol. The van der Waals surface area contributed by atoms with Crippen molar-refractivity contribution in [3.05, 3.63) is 82.2 Å². The minimum Gasteiger partial charge on any atom is -0.439 e. The van der Waals surface area contributed by atoms with Crippen LogP contribution in [0, 0.1) is 25.2 Å². The Kier molecular flexibility index (Phi) is 7.11. The highest BCUT2D eigenvalue weighted by Gasteiger charge is 2.29. The van der Waals surface area contributed by atoms with Gasteiger partial charge < -0.3 is 23.7 Å². The number of hydrogen-bond acceptors (Lipinski definition) is 8. The van der Waals surface area contributed by atoms with E-state index in [2.05, 4.69) is 30.1 Å². The maximum Gasteiger partial charge on any atom is 0.227 e. The van der Waals surface area contributed by atoms with Crippen molar-refractivity contribution in [3.63, 3.8) is 0 Å². The summed E-state index contributed by atoms with van der Waals surface area (Å²) in [5.74, 6) is 1.81. The Morgan fingerprint density at radius 3 is 2.21 bits per heavy atom. The van der Waals surface area contributed by atoms with Crippen LogP contribution in [0.15, 0.2) is 57.4 Å². The molecular weight excluding hydrogens is 530 g/mol. The van der Waals surface area contributed by atoms with Crippen LogP contribution in [0.2, 0.25) is 0 Å². The van der Waals surface area contributed by atoms with Gasteiger partial charge in [0.25, 0.3) is 0 Å². The quantitative estimate of drug-likeness (QED) is 0.273. The molecule has 1 N–H and O–H groups in total. The normalized spacial score (nSPS) is 12.7. The lowest BCUT2D eigenvalue weighted by molar-refractivity contribution is -0.132. The summed E-state index contributed by atoms with van der Waals surface area (Å²) in [5.41, 5.74) is 8.46. The molecule has 1 aliphatic rings. The van der Waals surface area contributed by atoms with E-state index < -0.39 is 0 Å². The number of carbonyl (C=O) groups excluding carboxylic acids is 1. The van der Waals surface area contributed by atoms with Gasteiger partial charge in [-0.05, 0) is 80.0 Å². The van der Waals surface area contributed by atoms with Crippen molar-refractivity contribution < 1.29 is 18.7 Å². The fourth-order valence-electron chi connectivity index (χ4n) is 5.51. The number of aromatic nitrogens is 2. The average Bonchev–Trinajstić information content (AvgIpc) is 3.69. The number of rotatable bonds is 7. The first-order chi connectivity index (χ1) is 20.3. The maximum absolute atomic E-state index is 12.6. The molecule has 1 aliphatic heterocycles. The van der Waals surface area contributed by atoms with Gasteiger partial charge >= 0.3 is 0 Å². The molecule has 9 heteroatoms. The van der Waals surface area contributed by atoms with Gasteiger partial charge in [-0.3, -0.25) is 4.79 Å². The zero-order valence-electron chi connectivity index (χ0n) is 24.1. The molecule has 9 nitrogen and oxygen atoms in total. The maximum atomic E-state index is 12.6. The molecule has 0 fully saturated rings. The van der Waals surface area contributed by atoms with Crippen LogP contribution in [0.4, 0.5) is 0 Å². The monoisotopic (exact) mass is 561 g/mol. The number of hydrogen-bond donors (Lipinski definition) is 1. The first-order valence-corrected chi connectivity index (χ1v) is 13.8. The van der Waals surface area contributed by atoms with E-state index in [1.165, 1.54) is 0 Å². The van der Waals surface area contributed by atoms with Gasteiger partial charge in [-0.15, -0.1) is 0 Å². The van der Waals surface area contributed by atoms with Crippen LogP contribution < -0.4 is 0 Å². The fourth-order valence-corrected chi connectivity index (χ4v) is 5.51. The van der Waals surface area contributed by atoms with Gasteiger partial charge in [0, 0.05) is 24.1 Å². The molecule has 0 bridgehead atoms. The second-order valence-electron chi connectivity index (χ2n) is 10.9. The molecule has 3 aromatic carbocycles. The van der Waals surface area contributed by atoms with Crippen LogP contribution in [-0.2, 0) is 24.5 Å². The zero-order valence-corrected chi connectivity index (χ0v) is 24.1. The number of amides is 1. The van der Waals surface area contributed by atoms with E-state index in [1.807, 2.05) is 50.2 Å². The van der Waals surface area contributed by atoms with Crippen LogP contribution in [0.3, 0.4) is 0 Å². The number of aliphatic hydroxyl groups excluding tert-OH is 1. The number of oxazole rings is 2. The number of fused-ring (bicyclic) bond motifs is 2. The van der Waals surface area contributed by atoms with E-state index in [-0.39, 0.29) is 12.5 Å². The third kappa shape index (κ3) is 4.85. The Hall–Kier alpha value is -4.78. The Balaban J connectivity index is 1.32. The van der Waals surface area contributed by atoms with Crippen LogP contribution in [-0.4, -0.2) is 51.4 Å². The molecule has 0 radical (unpaired) electrons. The summed E-state index contributed by atoms with van der Waals surface area (Å²) in [4.78, 5) is 25.8. The molecule has 0 saturated heterocycles. The van der Waals surface area contributed by atoms with Crippen molar-refractivity contribution in [2.24, 2.45) is 0 Å². The van der Waals surface area contributed by atoms with Crippen molar-refractivity contribution in [2.45, 2.75) is 40.0 Å². The molecule has 0 spiro atoms. The molecule has 0 saturated carbocycles. The van der Waals surface area contributed by atoms with Crippen molar-refractivity contribution in [3.8, 4) is 40.1 Å². The number of aliphatic hydroxyl groups is 1. The first-order valence-electron chi connectivity index (χ1n) is 13.8. The summed E-state index contributed by atoms with van der Waals surface area (Å²) >= 11 is 0. The van der Waals surface area contributed by atoms with Gasteiger partial charge in [0.2, 0.25) is 17.7 Å². The molecule has 6 rings (SSSR count). The summed E-state index contributed by atoms with van der Waals surface area (Å²) in [6.45, 7) is 5.50. The van der Waals surface area contributed by atoms with Gasteiger partial charge in [0.05, 0.1) is 25.3 Å². The Morgan fingerprint density at radius 2 is 1.62 bits per heavy atom. The van der Waals surface area contributed by atoms with Gasteiger partial charge in [0.15, 0.2) is 5.58 Å². The van der Waals surface area contributed by atoms with Crippen molar-refractivity contribution in [2.75, 3.05) is 20.6 Å². The first kappa shape index (κ1) is 27.4. The van der Waals surface area contributed by atoms with Gasteiger partial charge in [-0.2, -0.15) is 5.26 Å². The standard InChI is InChI=1S/C33H31N5O4/c1-19-23(7-5-9-25(19)32-36-28-16-38(17-29(28)41-32)30(40)11-12-37(3)4)24-8-6-10-26(20(24)2)33-35-27-14-21(18-39)13-22(15-34)31(27)42-33/h5-10,13-14,39H,11-12,16-18H2,1-4H3. The van der Waals surface area contributed by atoms with E-state index in [4.69, 9.17) is 13.8 Å². The highest BCUT2D eigenvalue weighted by Crippen LogP contribution is 2.38. The second-order valence-corrected chi connectivity index (χ2v) is 10.9. The second kappa shape index (κ2) is 10.9. The molecule has 1 amide bonds. The number of nitrogens with zero attached hydrogens (tertiary/aromatic N) is 5. The van der Waals surface area contributed by atoms with Crippen LogP contribution in [0.5, 0.6) is 0 Å². The highest BCUT2D eigenvalue weighted by atomic mass is 16.4. The molecule has 0 unspecified atom stereocenters. The summed E-state index contributed by atoms with van der Waals surface area (Å²) in [6.07, 6.45) is 0.469. The molecule has 42 heavy (non-hydrogen) atoms. The predicted octanol–water partition coefficient (Wildman–Crippen LogP) is 5.59. The zero-order chi connectivity index (χ0) is 29.5. The van der Waals surface area contributed by atoms with Crippen LogP contribution in [0.1, 0.15) is 40.1 Å². The smallest absolute Gasteiger partial charge is 0.227 e. The minimum absolute atomic E-state index is 0.101. The Labute approximate surface area is 243 Å². The average molecular weight is 562 g/mol. The van der Waals surface area contributed by atoms with Crippen LogP contribution >= 0.6 is 0 Å². The van der Waals surface area contributed by atoms with E-state index in [0.717, 1.165) is 44.8 Å². The van der Waals surface area contributed by atoms with Gasteiger partial charge in [0.1, 0.15) is 23.0 Å². The molecule has 5 aromatic rings. The fraction of sp³-hybridized carbons (Fsp3) is 0.273. The third-order valence-electron chi connectivity index (χ3n) is 7.85. The summed E-state index contributed by atoms with van der Waals surface area (Å²) in [6, 6.07) is 17.5. The summed E-state index contributed by atoms with van der Waals surface area (Å²) in [7, 11) is 3.91. The van der Waals surface area contributed by atoms with E-state index in [0.29, 0.717) is 60.1 Å². The lowest BCUT2D eigenvalue weighted by Crippen LogP contribution is -2.28. The van der Waals surface area contributed by atoms with Crippen LogP contribution in [0.25, 0.3) is 45.1 Å². The molecule has 2 aromatic heterocycles. The van der Waals surface area contributed by atoms with E-state index in [9.17, 15) is 15.2 Å². The lowest BCUT2D eigenvalue weighted by Gasteiger charge is -2.17. The largest absolute Gasteiger partial charge is 0.439 e. The summed E-state index contributed by atoms with van der Waals surface area (Å²) < 4.78 is 12.3. The Bertz CT molecular complexity index is 1850. The van der Waals surface area contributed by atoms with Crippen molar-refractivity contribution >= 4 is 17.0 Å². The topological polar surface area (TPSA) is 120 Å². The number of nitriles is 1. The van der Waals surface area contributed by atoms with Crippen molar-refractivity contribution in [1.29, 1.82) is 5.26 Å². The molecule has 212 valence electrons. The molecule has 0 atom stereocenters. The SMILES string of the molecule is Cc1c(-c2nc3c(o2)CN(C(=O)CCN(C)C)C3)cccc1-c1cccc(-c2nc3cc(CO)cc(C#N)c3o2)c1C. The van der Waals surface area contributed by atoms with E-state index >= 15 is 0 Å². The third-order valence-corrected chi connectivity index (χ3v) is 7.85. The van der Waals surface area contributed by atoms with E-state index in [1.54, 1.807) is 17.0 Å². The van der Waals surface area contributed by atoms with Crippen molar-refractivity contribution in [1.82, 2.24) is 19.8 Å². The number of benzene rings is 3. The lowest BCUT2D eigenvalue weighted by atomic mass is 9.91. The molecule has 0 aliphatic carbocycles. The molecular formula is C33H31N5O4. The highest BCUT2D eigenvalue weighted by molar-refractivity contribution is 5.85. The van der Waals surface area contributed by atoms with Gasteiger partial charge in [-0.25, -0.2) is 9.97 Å².